The number of nitrogens with two attached hydrogens (primary N) is 1. The molecular weight excluding hydrogens is 420 g/mol. The van der Waals surface area contributed by atoms with Gasteiger partial charge in [0.1, 0.15) is 11.6 Å². The molecule has 3 N–H and O–H groups in total. The predicted molar refractivity (Wildman–Crippen MR) is 106 cm³/mol. The lowest BCUT2D eigenvalue weighted by atomic mass is 9.96. The van der Waals surface area contributed by atoms with Crippen molar-refractivity contribution in [3.63, 3.8) is 0 Å². The van der Waals surface area contributed by atoms with Gasteiger partial charge in [-0.25, -0.2) is 4.39 Å². The van der Waals surface area contributed by atoms with Gasteiger partial charge in [0.05, 0.1) is 19.3 Å². The van der Waals surface area contributed by atoms with Crippen LogP contribution in [0.25, 0.3) is 0 Å². The van der Waals surface area contributed by atoms with Crippen LogP contribution in [0.5, 0.6) is 5.75 Å². The first-order valence-corrected chi connectivity index (χ1v) is 7.59. The van der Waals surface area contributed by atoms with Gasteiger partial charge in [-0.2, -0.15) is 0 Å². The Labute approximate surface area is 158 Å². The number of halogens is 2. The fourth-order valence-electron chi connectivity index (χ4n) is 2.67. The molecule has 4 nitrogen and oxygen atoms in total. The summed E-state index contributed by atoms with van der Waals surface area (Å²) in [4.78, 5) is 4.44. The van der Waals surface area contributed by atoms with E-state index in [0.29, 0.717) is 18.3 Å². The van der Waals surface area contributed by atoms with Gasteiger partial charge in [0, 0.05) is 5.41 Å². The van der Waals surface area contributed by atoms with Gasteiger partial charge in [0.25, 0.3) is 0 Å². The highest BCUT2D eigenvalue weighted by atomic mass is 127. The Morgan fingerprint density at radius 1 is 1.25 bits per heavy atom. The van der Waals surface area contributed by atoms with Gasteiger partial charge in [-0.3, -0.25) is 4.99 Å². The zero-order chi connectivity index (χ0) is 16.3. The topological polar surface area (TPSA) is 59.6 Å². The van der Waals surface area contributed by atoms with Crippen molar-refractivity contribution in [3.05, 3.63) is 59.9 Å². The van der Waals surface area contributed by atoms with E-state index in [9.17, 15) is 4.39 Å². The van der Waals surface area contributed by atoms with E-state index in [1.54, 1.807) is 19.2 Å². The molecule has 0 unspecified atom stereocenters. The number of guanidine groups is 1. The number of hydrogen-bond donors (Lipinski definition) is 2. The van der Waals surface area contributed by atoms with Gasteiger partial charge in [-0.15, -0.1) is 24.0 Å². The Balaban J connectivity index is 0.00000208. The summed E-state index contributed by atoms with van der Waals surface area (Å²) in [5, 5.41) is 3.05. The summed E-state index contributed by atoms with van der Waals surface area (Å²) in [6, 6.07) is 14.3. The molecule has 1 aliphatic carbocycles. The summed E-state index contributed by atoms with van der Waals surface area (Å²) in [5.41, 5.74) is 7.67. The second-order valence-corrected chi connectivity index (χ2v) is 5.82. The smallest absolute Gasteiger partial charge is 0.193 e. The van der Waals surface area contributed by atoms with Crippen LogP contribution in [0.2, 0.25) is 0 Å². The normalized spacial score (nSPS) is 15.3. The van der Waals surface area contributed by atoms with Gasteiger partial charge in [0.15, 0.2) is 5.96 Å². The van der Waals surface area contributed by atoms with E-state index in [1.165, 1.54) is 6.07 Å². The molecule has 3 rings (SSSR count). The molecule has 0 aliphatic heterocycles. The molecule has 0 spiro atoms. The van der Waals surface area contributed by atoms with Crippen molar-refractivity contribution in [2.45, 2.75) is 18.3 Å². The minimum atomic E-state index is -0.210. The van der Waals surface area contributed by atoms with Crippen LogP contribution in [0.1, 0.15) is 18.4 Å². The number of hydrogen-bond acceptors (Lipinski definition) is 2. The Bertz CT molecular complexity index is 732. The molecule has 0 atom stereocenters. The number of benzene rings is 2. The van der Waals surface area contributed by atoms with E-state index in [4.69, 9.17) is 10.5 Å². The number of aliphatic imine (C=N–C) groups is 1. The van der Waals surface area contributed by atoms with Gasteiger partial charge >= 0.3 is 0 Å². The zero-order valence-corrected chi connectivity index (χ0v) is 15.8. The summed E-state index contributed by atoms with van der Waals surface area (Å²) >= 11 is 0. The first-order valence-electron chi connectivity index (χ1n) is 7.59. The Morgan fingerprint density at radius 3 is 2.67 bits per heavy atom. The van der Waals surface area contributed by atoms with E-state index in [-0.39, 0.29) is 35.2 Å². The predicted octanol–water partition coefficient (Wildman–Crippen LogP) is 3.91. The average Bonchev–Trinajstić information content (AvgIpc) is 3.35. The lowest BCUT2D eigenvalue weighted by Gasteiger charge is -2.14. The molecule has 0 radical (unpaired) electrons. The van der Waals surface area contributed by atoms with Crippen molar-refractivity contribution in [1.29, 1.82) is 0 Å². The highest BCUT2D eigenvalue weighted by Gasteiger charge is 2.44. The number of methoxy groups -OCH3 is 1. The minimum absolute atomic E-state index is 0. The van der Waals surface area contributed by atoms with Crippen LogP contribution in [0.15, 0.2) is 53.5 Å². The number of nitrogens with one attached hydrogen (secondary N) is 1. The number of anilines is 1. The summed E-state index contributed by atoms with van der Waals surface area (Å²) in [6.07, 6.45) is 2.00. The number of ether oxygens (including phenoxy) is 1. The van der Waals surface area contributed by atoms with Crippen molar-refractivity contribution in [2.75, 3.05) is 19.0 Å². The van der Waals surface area contributed by atoms with Gasteiger partial charge in [-0.1, -0.05) is 24.3 Å². The van der Waals surface area contributed by atoms with Gasteiger partial charge < -0.3 is 15.8 Å². The van der Waals surface area contributed by atoms with E-state index in [1.807, 2.05) is 30.3 Å². The van der Waals surface area contributed by atoms with Crippen molar-refractivity contribution in [2.24, 2.45) is 10.7 Å². The third-order valence-corrected chi connectivity index (χ3v) is 4.21. The molecule has 2 aromatic rings. The Hall–Kier alpha value is -1.83. The Morgan fingerprint density at radius 2 is 2.00 bits per heavy atom. The Kier molecular flexibility index (Phi) is 6.04. The van der Waals surface area contributed by atoms with Gasteiger partial charge in [-0.05, 0) is 42.7 Å². The lowest BCUT2D eigenvalue weighted by Crippen LogP contribution is -2.25. The van der Waals surface area contributed by atoms with E-state index >= 15 is 0 Å². The van der Waals surface area contributed by atoms with Crippen LogP contribution in [-0.4, -0.2) is 19.6 Å². The third-order valence-electron chi connectivity index (χ3n) is 4.21. The molecule has 1 fully saturated rings. The van der Waals surface area contributed by atoms with Crippen LogP contribution < -0.4 is 15.8 Å². The third kappa shape index (κ3) is 4.17. The molecule has 2 aromatic carbocycles. The van der Waals surface area contributed by atoms with E-state index in [2.05, 4.69) is 10.3 Å². The summed E-state index contributed by atoms with van der Waals surface area (Å²) in [6.45, 7) is 0.546. The maximum absolute atomic E-state index is 13.4. The molecule has 24 heavy (non-hydrogen) atoms. The maximum Gasteiger partial charge on any atom is 0.193 e. The second-order valence-electron chi connectivity index (χ2n) is 5.82. The zero-order valence-electron chi connectivity index (χ0n) is 13.5. The van der Waals surface area contributed by atoms with Crippen LogP contribution in [0.4, 0.5) is 10.1 Å². The highest BCUT2D eigenvalue weighted by molar-refractivity contribution is 14.0. The molecule has 0 saturated heterocycles. The molecule has 1 aliphatic rings. The van der Waals surface area contributed by atoms with E-state index in [0.717, 1.165) is 24.1 Å². The first-order chi connectivity index (χ1) is 11.1. The second kappa shape index (κ2) is 7.83. The van der Waals surface area contributed by atoms with Crippen molar-refractivity contribution < 1.29 is 9.13 Å². The number of rotatable bonds is 5. The largest absolute Gasteiger partial charge is 0.495 e. The SMILES string of the molecule is COc1ccccc1NC(N)=NCC1(c2cccc(F)c2)CC1.I. The standard InChI is InChI=1S/C18H20FN3O.HI/c1-23-16-8-3-2-7-15(16)22-17(20)21-12-18(9-10-18)13-5-4-6-14(19)11-13;/h2-8,11H,9-10,12H2,1H3,(H3,20,21,22);1H. The fraction of sp³-hybridized carbons (Fsp3) is 0.278. The van der Waals surface area contributed by atoms with Crippen LogP contribution in [0.3, 0.4) is 0 Å². The van der Waals surface area contributed by atoms with Crippen LogP contribution in [-0.2, 0) is 5.41 Å². The minimum Gasteiger partial charge on any atom is -0.495 e. The average molecular weight is 441 g/mol. The summed E-state index contributed by atoms with van der Waals surface area (Å²) < 4.78 is 18.7. The molecule has 128 valence electrons. The van der Waals surface area contributed by atoms with Gasteiger partial charge in [0.2, 0.25) is 0 Å². The number of para-hydroxylation sites is 2. The fourth-order valence-corrected chi connectivity index (χ4v) is 2.67. The molecule has 1 saturated carbocycles. The number of nitrogens with zero attached hydrogens (tertiary/aromatic N) is 1. The molecule has 0 heterocycles. The molecule has 0 bridgehead atoms. The highest BCUT2D eigenvalue weighted by Crippen LogP contribution is 2.48. The molecule has 6 heteroatoms. The van der Waals surface area contributed by atoms with Crippen molar-refractivity contribution in [1.82, 2.24) is 0 Å². The lowest BCUT2D eigenvalue weighted by molar-refractivity contribution is 0.417. The first kappa shape index (κ1) is 18.5. The van der Waals surface area contributed by atoms with Crippen LogP contribution in [0, 0.1) is 5.82 Å². The molecule has 0 aromatic heterocycles. The van der Waals surface area contributed by atoms with E-state index < -0.39 is 0 Å². The maximum atomic E-state index is 13.4. The molecular formula is C18H21FIN3O. The summed E-state index contributed by atoms with van der Waals surface area (Å²) in [5.74, 6) is 0.826. The van der Waals surface area contributed by atoms with Crippen molar-refractivity contribution in [3.8, 4) is 5.75 Å². The summed E-state index contributed by atoms with van der Waals surface area (Å²) in [7, 11) is 1.61. The quantitative estimate of drug-likeness (QED) is 0.420. The van der Waals surface area contributed by atoms with Crippen LogP contribution >= 0.6 is 24.0 Å². The molecule has 0 amide bonds. The van der Waals surface area contributed by atoms with Crippen molar-refractivity contribution >= 4 is 35.6 Å². The monoisotopic (exact) mass is 441 g/mol.